The third-order valence-corrected chi connectivity index (χ3v) is 10.7. The summed E-state index contributed by atoms with van der Waals surface area (Å²) in [5.74, 6) is 0.890. The van der Waals surface area contributed by atoms with Crippen LogP contribution in [-0.2, 0) is 14.3 Å². The molecule has 1 amide bonds. The lowest BCUT2D eigenvalue weighted by atomic mass is 9.48. The van der Waals surface area contributed by atoms with Gasteiger partial charge in [-0.2, -0.15) is 0 Å². The van der Waals surface area contributed by atoms with Gasteiger partial charge in [0, 0.05) is 23.6 Å². The fourth-order valence-corrected chi connectivity index (χ4v) is 9.24. The molecule has 0 bridgehead atoms. The Labute approximate surface area is 188 Å². The van der Waals surface area contributed by atoms with Crippen molar-refractivity contribution in [3.8, 4) is 0 Å². The summed E-state index contributed by atoms with van der Waals surface area (Å²) in [4.78, 5) is 25.6. The predicted molar refractivity (Wildman–Crippen MR) is 123 cm³/mol. The minimum Gasteiger partial charge on any atom is -0.463 e. The van der Waals surface area contributed by atoms with Crippen LogP contribution in [0.2, 0.25) is 19.6 Å². The Morgan fingerprint density at radius 1 is 1.23 bits per heavy atom. The Bertz CT molecular complexity index is 843. The van der Waals surface area contributed by atoms with Gasteiger partial charge in [0.1, 0.15) is 0 Å². The van der Waals surface area contributed by atoms with Crippen molar-refractivity contribution < 1.29 is 19.4 Å². The van der Waals surface area contributed by atoms with Gasteiger partial charge in [0.05, 0.1) is 12.7 Å². The average Bonchev–Trinajstić information content (AvgIpc) is 2.97. The zero-order valence-electron chi connectivity index (χ0n) is 20.0. The Balaban J connectivity index is 1.88. The topological polar surface area (TPSA) is 66.8 Å². The van der Waals surface area contributed by atoms with Gasteiger partial charge in [-0.3, -0.25) is 4.79 Å². The van der Waals surface area contributed by atoms with E-state index in [1.54, 1.807) is 6.08 Å². The van der Waals surface area contributed by atoms with Gasteiger partial charge in [0.25, 0.3) is 0 Å². The van der Waals surface area contributed by atoms with Crippen molar-refractivity contribution in [2.24, 2.45) is 28.6 Å². The second kappa shape index (κ2) is 7.58. The van der Waals surface area contributed by atoms with E-state index in [2.05, 4.69) is 44.1 Å². The van der Waals surface area contributed by atoms with Crippen molar-refractivity contribution in [2.75, 3.05) is 6.61 Å². The second-order valence-electron chi connectivity index (χ2n) is 11.6. The Morgan fingerprint density at radius 3 is 2.58 bits per heavy atom. The zero-order chi connectivity index (χ0) is 22.8. The Hall–Kier alpha value is -1.40. The molecule has 1 aliphatic heterocycles. The van der Waals surface area contributed by atoms with E-state index in [-0.39, 0.29) is 34.7 Å². The van der Waals surface area contributed by atoms with E-state index < -0.39 is 8.24 Å². The highest BCUT2D eigenvalue weighted by molar-refractivity contribution is 6.76. The molecule has 2 saturated carbocycles. The first-order valence-corrected chi connectivity index (χ1v) is 15.5. The molecular weight excluding hydrogens is 406 g/mol. The highest BCUT2D eigenvalue weighted by Gasteiger charge is 2.61. The molecule has 0 aromatic rings. The van der Waals surface area contributed by atoms with E-state index in [4.69, 9.17) is 4.74 Å². The summed E-state index contributed by atoms with van der Waals surface area (Å²) in [5, 5.41) is 10.8. The highest BCUT2D eigenvalue weighted by atomic mass is 28.3. The second-order valence-corrected chi connectivity index (χ2v) is 16.4. The molecule has 4 aliphatic rings. The van der Waals surface area contributed by atoms with Gasteiger partial charge in [-0.1, -0.05) is 33.5 Å². The lowest BCUT2D eigenvalue weighted by Crippen LogP contribution is -2.60. The predicted octanol–water partition coefficient (Wildman–Crippen LogP) is 4.64. The van der Waals surface area contributed by atoms with E-state index in [0.717, 1.165) is 43.4 Å². The molecule has 0 aromatic heterocycles. The quantitative estimate of drug-likeness (QED) is 0.390. The third-order valence-electron chi connectivity index (χ3n) is 8.90. The van der Waals surface area contributed by atoms with Crippen molar-refractivity contribution in [3.05, 3.63) is 23.4 Å². The maximum atomic E-state index is 13.1. The van der Waals surface area contributed by atoms with Gasteiger partial charge in [-0.15, -0.1) is 0 Å². The van der Waals surface area contributed by atoms with Crippen LogP contribution in [0.4, 0.5) is 0 Å². The number of esters is 1. The van der Waals surface area contributed by atoms with Crippen molar-refractivity contribution in [1.82, 2.24) is 4.57 Å². The normalized spacial score (nSPS) is 41.4. The monoisotopic (exact) mass is 445 g/mol. The van der Waals surface area contributed by atoms with Crippen LogP contribution >= 0.6 is 0 Å². The lowest BCUT2D eigenvalue weighted by molar-refractivity contribution is -0.137. The average molecular weight is 446 g/mol. The van der Waals surface area contributed by atoms with E-state index in [0.29, 0.717) is 24.9 Å². The number of hydrogen-bond acceptors (Lipinski definition) is 4. The van der Waals surface area contributed by atoms with Crippen LogP contribution in [0, 0.1) is 28.6 Å². The molecule has 5 nitrogen and oxygen atoms in total. The summed E-state index contributed by atoms with van der Waals surface area (Å²) in [6.45, 7) is 13.5. The number of aliphatic hydroxyl groups excluding tert-OH is 1. The summed E-state index contributed by atoms with van der Waals surface area (Å²) >= 11 is 0. The molecule has 3 fully saturated rings. The van der Waals surface area contributed by atoms with Gasteiger partial charge in [0.15, 0.2) is 8.24 Å². The summed E-state index contributed by atoms with van der Waals surface area (Å²) in [6.07, 6.45) is 8.93. The fourth-order valence-electron chi connectivity index (χ4n) is 7.34. The van der Waals surface area contributed by atoms with Crippen LogP contribution < -0.4 is 0 Å². The van der Waals surface area contributed by atoms with Crippen LogP contribution in [-0.4, -0.2) is 42.5 Å². The SMILES string of the molecule is CCOC(=O)C=C1C=C2N([Si](C)(C)C)C(=O)CC[C@]2(C)[C@H]2CC[C@]3(C)[C@@H](O)CC[C@H]3[C@H]12. The molecule has 6 heteroatoms. The van der Waals surface area contributed by atoms with Crippen molar-refractivity contribution in [2.45, 2.75) is 85.0 Å². The first-order chi connectivity index (χ1) is 14.4. The summed E-state index contributed by atoms with van der Waals surface area (Å²) < 4.78 is 7.42. The van der Waals surface area contributed by atoms with E-state index >= 15 is 0 Å². The van der Waals surface area contributed by atoms with Crippen LogP contribution in [0.3, 0.4) is 0 Å². The van der Waals surface area contributed by atoms with Gasteiger partial charge in [0.2, 0.25) is 5.91 Å². The number of fused-ring (bicyclic) bond motifs is 5. The van der Waals surface area contributed by atoms with Crippen molar-refractivity contribution >= 4 is 20.1 Å². The number of carbonyl (C=O) groups excluding carboxylic acids is 2. The van der Waals surface area contributed by atoms with Crippen LogP contribution in [0.25, 0.3) is 0 Å². The number of nitrogens with zero attached hydrogens (tertiary/aromatic N) is 1. The number of amides is 1. The molecule has 1 N–H and O–H groups in total. The number of rotatable bonds is 3. The van der Waals surface area contributed by atoms with Gasteiger partial charge in [-0.25, -0.2) is 4.79 Å². The highest BCUT2D eigenvalue weighted by Crippen LogP contribution is 2.65. The molecule has 4 rings (SSSR count). The molecule has 1 saturated heterocycles. The molecule has 0 radical (unpaired) electrons. The Morgan fingerprint density at radius 2 is 1.94 bits per heavy atom. The lowest BCUT2D eigenvalue weighted by Gasteiger charge is -2.60. The van der Waals surface area contributed by atoms with E-state index in [1.165, 1.54) is 0 Å². The molecule has 1 heterocycles. The summed E-state index contributed by atoms with van der Waals surface area (Å²) in [6, 6.07) is 0. The standard InChI is InChI=1S/C25H39NO4Si/c1-7-30-22(29)15-16-14-19-24(2,13-11-21(28)26(19)31(4,5)6)18-10-12-25(3)17(23(16)18)8-9-20(25)27/h14-15,17-18,20,23,27H,7-13H2,1-6H3/t17-,18-,20-,23-,24+,25-/m0/s1. The number of piperidine rings is 1. The maximum Gasteiger partial charge on any atom is 0.331 e. The zero-order valence-corrected chi connectivity index (χ0v) is 21.0. The third kappa shape index (κ3) is 3.45. The molecule has 172 valence electrons. The molecule has 6 atom stereocenters. The van der Waals surface area contributed by atoms with Crippen molar-refractivity contribution in [3.63, 3.8) is 0 Å². The molecule has 0 unspecified atom stereocenters. The fraction of sp³-hybridized carbons (Fsp3) is 0.760. The maximum absolute atomic E-state index is 13.1. The molecule has 0 aromatic carbocycles. The summed E-state index contributed by atoms with van der Waals surface area (Å²) in [7, 11) is -1.94. The van der Waals surface area contributed by atoms with Crippen LogP contribution in [0.1, 0.15) is 59.3 Å². The number of hydrogen-bond donors (Lipinski definition) is 1. The van der Waals surface area contributed by atoms with E-state index in [9.17, 15) is 14.7 Å². The number of aliphatic hydroxyl groups is 1. The minimum absolute atomic E-state index is 0.0697. The number of allylic oxidation sites excluding steroid dienone is 3. The molecule has 0 spiro atoms. The summed E-state index contributed by atoms with van der Waals surface area (Å²) in [5.41, 5.74) is 1.97. The first kappa shape index (κ1) is 22.8. The number of carbonyl (C=O) groups is 2. The van der Waals surface area contributed by atoms with Gasteiger partial charge >= 0.3 is 5.97 Å². The number of ether oxygens (including phenoxy) is 1. The van der Waals surface area contributed by atoms with Crippen LogP contribution in [0.15, 0.2) is 23.4 Å². The largest absolute Gasteiger partial charge is 0.463 e. The smallest absolute Gasteiger partial charge is 0.331 e. The van der Waals surface area contributed by atoms with Crippen molar-refractivity contribution in [1.29, 1.82) is 0 Å². The molecule has 3 aliphatic carbocycles. The van der Waals surface area contributed by atoms with E-state index in [1.807, 2.05) is 6.92 Å². The Kier molecular flexibility index (Phi) is 5.57. The van der Waals surface area contributed by atoms with Gasteiger partial charge < -0.3 is 14.4 Å². The first-order valence-electron chi connectivity index (χ1n) is 12.0. The molecular formula is C25H39NO4Si. The van der Waals surface area contributed by atoms with Crippen LogP contribution in [0.5, 0.6) is 0 Å². The molecule has 31 heavy (non-hydrogen) atoms. The minimum atomic E-state index is -1.94. The van der Waals surface area contributed by atoms with Gasteiger partial charge in [-0.05, 0) is 73.8 Å².